The molecule has 4 N–H and O–H groups in total. The molecule has 2 fully saturated rings. The van der Waals surface area contributed by atoms with Gasteiger partial charge in [0, 0.05) is 19.4 Å². The van der Waals surface area contributed by atoms with Crippen LogP contribution in [-0.2, 0) is 19.2 Å². The highest BCUT2D eigenvalue weighted by atomic mass is 35.5. The summed E-state index contributed by atoms with van der Waals surface area (Å²) in [5, 5.41) is 0.805. The van der Waals surface area contributed by atoms with E-state index < -0.39 is 17.8 Å². The van der Waals surface area contributed by atoms with Gasteiger partial charge in [-0.1, -0.05) is 0 Å². The lowest BCUT2D eigenvalue weighted by molar-refractivity contribution is -0.201. The topological polar surface area (TPSA) is 114 Å². The summed E-state index contributed by atoms with van der Waals surface area (Å²) < 4.78 is 0. The molecular formula is C13H21ClN4O4S. The van der Waals surface area contributed by atoms with E-state index in [1.807, 2.05) is 0 Å². The molecule has 0 atom stereocenters. The quantitative estimate of drug-likeness (QED) is 0.359. The lowest BCUT2D eigenvalue weighted by atomic mass is 9.82. The van der Waals surface area contributed by atoms with Gasteiger partial charge in [0.2, 0.25) is 0 Å². The monoisotopic (exact) mass is 364 g/mol. The Balaban J connectivity index is 0.00000264. The van der Waals surface area contributed by atoms with Crippen molar-refractivity contribution in [2.24, 2.45) is 17.6 Å². The summed E-state index contributed by atoms with van der Waals surface area (Å²) in [4.78, 5) is 39.8. The van der Waals surface area contributed by atoms with Gasteiger partial charge in [0.1, 0.15) is 0 Å². The second-order valence-electron chi connectivity index (χ2n) is 5.58. The minimum absolute atomic E-state index is 0. The van der Waals surface area contributed by atoms with Crippen LogP contribution in [0.15, 0.2) is 0 Å². The number of hydrazine groups is 1. The number of hydrogen-bond donors (Lipinski definition) is 3. The van der Waals surface area contributed by atoms with Gasteiger partial charge in [-0.15, -0.1) is 17.5 Å². The molecule has 0 aromatic rings. The van der Waals surface area contributed by atoms with Gasteiger partial charge in [0.25, 0.3) is 11.8 Å². The van der Waals surface area contributed by atoms with Gasteiger partial charge >= 0.3 is 5.97 Å². The van der Waals surface area contributed by atoms with Gasteiger partial charge in [0.05, 0.1) is 5.92 Å². The summed E-state index contributed by atoms with van der Waals surface area (Å²) in [6, 6.07) is 0. The maximum absolute atomic E-state index is 12.0. The number of amides is 2. The maximum atomic E-state index is 12.0. The minimum Gasteiger partial charge on any atom is -0.375 e. The van der Waals surface area contributed by atoms with Crippen LogP contribution in [0.2, 0.25) is 0 Å². The first-order chi connectivity index (χ1) is 10.5. The van der Waals surface area contributed by atoms with Crippen LogP contribution in [0.4, 0.5) is 0 Å². The average molecular weight is 365 g/mol. The standard InChI is InChI=1S/C13H20N4O4S.ClH/c14-13(22)16-15-7-8-1-3-9(4-2-8)12(20)21-17-10(18)5-6-11(17)19;/h8-9,15H,1-7H2,(H3,14,16,22);1H. The van der Waals surface area contributed by atoms with E-state index >= 15 is 0 Å². The number of imide groups is 1. The Morgan fingerprint density at radius 3 is 2.30 bits per heavy atom. The summed E-state index contributed by atoms with van der Waals surface area (Å²) in [6.07, 6.45) is 3.28. The number of carbonyl (C=O) groups excluding carboxylic acids is 3. The Morgan fingerprint density at radius 2 is 1.78 bits per heavy atom. The molecule has 23 heavy (non-hydrogen) atoms. The van der Waals surface area contributed by atoms with Gasteiger partial charge in [-0.05, 0) is 43.8 Å². The normalized spacial score (nSPS) is 24.1. The maximum Gasteiger partial charge on any atom is 0.336 e. The molecule has 0 spiro atoms. The van der Waals surface area contributed by atoms with Gasteiger partial charge in [-0.2, -0.15) is 0 Å². The third-order valence-corrected chi connectivity index (χ3v) is 4.07. The van der Waals surface area contributed by atoms with Crippen LogP contribution in [0.1, 0.15) is 38.5 Å². The summed E-state index contributed by atoms with van der Waals surface area (Å²) in [7, 11) is 0. The molecule has 2 rings (SSSR count). The zero-order valence-corrected chi connectivity index (χ0v) is 14.2. The van der Waals surface area contributed by atoms with Crippen molar-refractivity contribution in [1.29, 1.82) is 0 Å². The SMILES string of the molecule is Cl.NC(=S)NNCC1CCC(C(=O)ON2C(=O)CCC2=O)CC1. The molecule has 2 amide bonds. The van der Waals surface area contributed by atoms with E-state index in [1.54, 1.807) is 0 Å². The molecule has 0 unspecified atom stereocenters. The van der Waals surface area contributed by atoms with E-state index in [9.17, 15) is 14.4 Å². The van der Waals surface area contributed by atoms with Gasteiger partial charge in [-0.25, -0.2) is 10.2 Å². The number of thiocarbonyl (C=S) groups is 1. The smallest absolute Gasteiger partial charge is 0.336 e. The molecule has 0 bridgehead atoms. The number of nitrogens with two attached hydrogens (primary N) is 1. The first-order valence-corrected chi connectivity index (χ1v) is 7.74. The summed E-state index contributed by atoms with van der Waals surface area (Å²) in [5.74, 6) is -1.22. The van der Waals surface area contributed by atoms with Crippen molar-refractivity contribution in [3.63, 3.8) is 0 Å². The first kappa shape index (κ1) is 19.6. The zero-order chi connectivity index (χ0) is 16.1. The molecule has 130 valence electrons. The molecule has 2 aliphatic rings. The van der Waals surface area contributed by atoms with Crippen molar-refractivity contribution >= 4 is 47.5 Å². The van der Waals surface area contributed by atoms with E-state index in [0.29, 0.717) is 30.4 Å². The predicted molar refractivity (Wildman–Crippen MR) is 87.8 cm³/mol. The number of hydroxylamine groups is 2. The molecule has 1 saturated carbocycles. The highest BCUT2D eigenvalue weighted by Crippen LogP contribution is 2.29. The van der Waals surface area contributed by atoms with Gasteiger partial charge in [-0.3, -0.25) is 15.0 Å². The summed E-state index contributed by atoms with van der Waals surface area (Å²) >= 11 is 4.69. The van der Waals surface area contributed by atoms with Crippen molar-refractivity contribution in [2.75, 3.05) is 6.54 Å². The Morgan fingerprint density at radius 1 is 1.22 bits per heavy atom. The highest BCUT2D eigenvalue weighted by molar-refractivity contribution is 7.80. The highest BCUT2D eigenvalue weighted by Gasteiger charge is 2.35. The Hall–Kier alpha value is -1.45. The molecule has 1 heterocycles. The molecule has 0 radical (unpaired) electrons. The largest absolute Gasteiger partial charge is 0.375 e. The second kappa shape index (κ2) is 8.99. The molecule has 1 saturated heterocycles. The number of rotatable bonds is 5. The van der Waals surface area contributed by atoms with Gasteiger partial charge < -0.3 is 10.6 Å². The van der Waals surface area contributed by atoms with Crippen molar-refractivity contribution in [3.8, 4) is 0 Å². The van der Waals surface area contributed by atoms with Crippen LogP contribution >= 0.6 is 24.6 Å². The molecule has 1 aliphatic carbocycles. The van der Waals surface area contributed by atoms with E-state index in [4.69, 9.17) is 10.6 Å². The summed E-state index contributed by atoms with van der Waals surface area (Å²) in [6.45, 7) is 0.711. The number of nitrogens with zero attached hydrogens (tertiary/aromatic N) is 1. The number of nitrogens with one attached hydrogen (secondary N) is 2. The van der Waals surface area contributed by atoms with Crippen LogP contribution in [0, 0.1) is 11.8 Å². The van der Waals surface area contributed by atoms with E-state index in [-0.39, 0.29) is 36.3 Å². The number of hydrogen-bond acceptors (Lipinski definition) is 6. The van der Waals surface area contributed by atoms with Crippen LogP contribution in [0.25, 0.3) is 0 Å². The Labute approximate surface area is 145 Å². The lowest BCUT2D eigenvalue weighted by Gasteiger charge is -2.28. The number of halogens is 1. The fraction of sp³-hybridized carbons (Fsp3) is 0.692. The molecule has 10 heteroatoms. The summed E-state index contributed by atoms with van der Waals surface area (Å²) in [5.41, 5.74) is 10.9. The molecule has 8 nitrogen and oxygen atoms in total. The molecular weight excluding hydrogens is 344 g/mol. The predicted octanol–water partition coefficient (Wildman–Crippen LogP) is 0.160. The third kappa shape index (κ3) is 5.60. The lowest BCUT2D eigenvalue weighted by Crippen LogP contribution is -2.43. The number of carbonyl (C=O) groups is 3. The van der Waals surface area contributed by atoms with Crippen LogP contribution < -0.4 is 16.6 Å². The van der Waals surface area contributed by atoms with Crippen molar-refractivity contribution in [2.45, 2.75) is 38.5 Å². The molecule has 1 aliphatic heterocycles. The van der Waals surface area contributed by atoms with Crippen LogP contribution in [0.3, 0.4) is 0 Å². The van der Waals surface area contributed by atoms with E-state index in [1.165, 1.54) is 0 Å². The minimum atomic E-state index is -0.490. The fourth-order valence-corrected chi connectivity index (χ4v) is 2.78. The average Bonchev–Trinajstić information content (AvgIpc) is 2.79. The Kier molecular flexibility index (Phi) is 7.66. The van der Waals surface area contributed by atoms with Crippen molar-refractivity contribution in [1.82, 2.24) is 15.9 Å². The third-order valence-electron chi connectivity index (χ3n) is 3.97. The zero-order valence-electron chi connectivity index (χ0n) is 12.6. The van der Waals surface area contributed by atoms with Gasteiger partial charge in [0.15, 0.2) is 5.11 Å². The second-order valence-corrected chi connectivity index (χ2v) is 6.02. The van der Waals surface area contributed by atoms with E-state index in [0.717, 1.165) is 12.8 Å². The van der Waals surface area contributed by atoms with Crippen molar-refractivity contribution in [3.05, 3.63) is 0 Å². The van der Waals surface area contributed by atoms with E-state index in [2.05, 4.69) is 23.1 Å². The first-order valence-electron chi connectivity index (χ1n) is 7.33. The van der Waals surface area contributed by atoms with Crippen LogP contribution in [0.5, 0.6) is 0 Å². The molecule has 0 aromatic carbocycles. The van der Waals surface area contributed by atoms with Crippen molar-refractivity contribution < 1.29 is 19.2 Å². The van der Waals surface area contributed by atoms with Crippen LogP contribution in [-0.4, -0.2) is 34.5 Å². The fourth-order valence-electron chi connectivity index (χ4n) is 2.71. The Bertz CT molecular complexity index is 467. The molecule has 0 aromatic heterocycles.